The second-order valence-corrected chi connectivity index (χ2v) is 5.18. The first kappa shape index (κ1) is 11.9. The number of anilines is 1. The van der Waals surface area contributed by atoms with Crippen molar-refractivity contribution in [2.24, 2.45) is 0 Å². The van der Waals surface area contributed by atoms with Crippen LogP contribution in [0.5, 0.6) is 0 Å². The number of aromatic nitrogens is 1. The van der Waals surface area contributed by atoms with Crippen LogP contribution in [0.2, 0.25) is 0 Å². The van der Waals surface area contributed by atoms with E-state index in [1.165, 1.54) is 17.4 Å². The molecule has 0 aliphatic rings. The molecule has 0 amide bonds. The largest absolute Gasteiger partial charge is 0.367 e. The van der Waals surface area contributed by atoms with Crippen molar-refractivity contribution >= 4 is 17.2 Å². The van der Waals surface area contributed by atoms with E-state index in [0.29, 0.717) is 16.8 Å². The van der Waals surface area contributed by atoms with Crippen LogP contribution < -0.4 is 5.73 Å². The molecule has 0 spiro atoms. The Hall–Kier alpha value is -2.14. The number of nitrogens with two attached hydrogens (primary N) is 1. The third-order valence-corrected chi connectivity index (χ3v) is 3.75. The molecule has 19 heavy (non-hydrogen) atoms. The molecule has 0 aliphatic carbocycles. The summed E-state index contributed by atoms with van der Waals surface area (Å²) < 4.78 is 19.0. The van der Waals surface area contributed by atoms with Crippen LogP contribution in [-0.4, -0.2) is 5.16 Å². The number of halogens is 1. The van der Waals surface area contributed by atoms with Crippen LogP contribution in [0.3, 0.4) is 0 Å². The van der Waals surface area contributed by atoms with E-state index in [1.54, 1.807) is 12.1 Å². The summed E-state index contributed by atoms with van der Waals surface area (Å²) in [6.07, 6.45) is 0. The van der Waals surface area contributed by atoms with Crippen LogP contribution in [-0.2, 0) is 0 Å². The summed E-state index contributed by atoms with van der Waals surface area (Å²) in [5, 5.41) is 5.84. The molecule has 2 heterocycles. The van der Waals surface area contributed by atoms with Crippen LogP contribution >= 0.6 is 11.3 Å². The van der Waals surface area contributed by atoms with E-state index in [2.05, 4.69) is 5.16 Å². The molecule has 2 N–H and O–H groups in total. The van der Waals surface area contributed by atoms with E-state index in [9.17, 15) is 4.39 Å². The summed E-state index contributed by atoms with van der Waals surface area (Å²) in [6.45, 7) is 1.90. The number of nitrogens with zero attached hydrogens (tertiary/aromatic N) is 1. The zero-order chi connectivity index (χ0) is 13.4. The van der Waals surface area contributed by atoms with E-state index < -0.39 is 0 Å². The molecule has 2 aromatic heterocycles. The van der Waals surface area contributed by atoms with E-state index in [0.717, 1.165) is 10.4 Å². The maximum Gasteiger partial charge on any atom is 0.231 e. The van der Waals surface area contributed by atoms with Gasteiger partial charge in [-0.05, 0) is 30.5 Å². The van der Waals surface area contributed by atoms with E-state index in [4.69, 9.17) is 10.3 Å². The summed E-state index contributed by atoms with van der Waals surface area (Å²) >= 11 is 1.51. The molecule has 1 aromatic carbocycles. The van der Waals surface area contributed by atoms with Crippen molar-refractivity contribution < 1.29 is 8.91 Å². The molecule has 0 saturated heterocycles. The van der Waals surface area contributed by atoms with E-state index in [1.807, 2.05) is 24.4 Å². The zero-order valence-corrected chi connectivity index (χ0v) is 11.0. The zero-order valence-electron chi connectivity index (χ0n) is 10.2. The SMILES string of the molecule is Cc1ccc(F)c(-c2noc(N)c2-c2cccs2)c1. The summed E-state index contributed by atoms with van der Waals surface area (Å²) in [7, 11) is 0. The van der Waals surface area contributed by atoms with Gasteiger partial charge in [0.2, 0.25) is 5.88 Å². The molecule has 3 rings (SSSR count). The molecular weight excluding hydrogens is 263 g/mol. The van der Waals surface area contributed by atoms with Crippen LogP contribution in [0.15, 0.2) is 40.2 Å². The molecular formula is C14H11FN2OS. The topological polar surface area (TPSA) is 52.0 Å². The lowest BCUT2D eigenvalue weighted by molar-refractivity contribution is 0.439. The van der Waals surface area contributed by atoms with Crippen LogP contribution in [0.1, 0.15) is 5.56 Å². The molecule has 0 saturated carbocycles. The second-order valence-electron chi connectivity index (χ2n) is 4.23. The van der Waals surface area contributed by atoms with Gasteiger partial charge in [-0.25, -0.2) is 4.39 Å². The van der Waals surface area contributed by atoms with Gasteiger partial charge in [0.25, 0.3) is 0 Å². The fraction of sp³-hybridized carbons (Fsp3) is 0.0714. The maximum atomic E-state index is 14.0. The highest BCUT2D eigenvalue weighted by molar-refractivity contribution is 7.13. The first-order valence-corrected chi connectivity index (χ1v) is 6.60. The molecule has 5 heteroatoms. The molecule has 0 fully saturated rings. The van der Waals surface area contributed by atoms with Gasteiger partial charge in [0, 0.05) is 10.4 Å². The Labute approximate surface area is 113 Å². The standard InChI is InChI=1S/C14H11FN2OS/c1-8-4-5-10(15)9(7-8)13-12(14(16)18-17-13)11-3-2-6-19-11/h2-7H,16H2,1H3. The highest BCUT2D eigenvalue weighted by Gasteiger charge is 2.20. The highest BCUT2D eigenvalue weighted by Crippen LogP contribution is 2.39. The minimum Gasteiger partial charge on any atom is -0.367 e. The van der Waals surface area contributed by atoms with Crippen molar-refractivity contribution in [2.45, 2.75) is 6.92 Å². The van der Waals surface area contributed by atoms with E-state index >= 15 is 0 Å². The fourth-order valence-corrected chi connectivity index (χ4v) is 2.74. The quantitative estimate of drug-likeness (QED) is 0.765. The number of hydrogen-bond acceptors (Lipinski definition) is 4. The summed E-state index contributed by atoms with van der Waals surface area (Å²) in [4.78, 5) is 0.912. The van der Waals surface area contributed by atoms with Crippen molar-refractivity contribution in [1.82, 2.24) is 5.16 Å². The number of thiophene rings is 1. The first-order chi connectivity index (χ1) is 9.16. The molecule has 0 bridgehead atoms. The molecule has 3 aromatic rings. The normalized spacial score (nSPS) is 10.8. The average molecular weight is 274 g/mol. The summed E-state index contributed by atoms with van der Waals surface area (Å²) in [5.74, 6) is -0.130. The van der Waals surface area contributed by atoms with Crippen molar-refractivity contribution in [3.8, 4) is 21.7 Å². The Bertz CT molecular complexity index is 719. The third-order valence-electron chi connectivity index (χ3n) is 2.86. The van der Waals surface area contributed by atoms with Crippen molar-refractivity contribution in [3.05, 3.63) is 47.1 Å². The van der Waals surface area contributed by atoms with Crippen LogP contribution in [0.4, 0.5) is 10.3 Å². The van der Waals surface area contributed by atoms with Crippen molar-refractivity contribution in [1.29, 1.82) is 0 Å². The van der Waals surface area contributed by atoms with Crippen molar-refractivity contribution in [3.63, 3.8) is 0 Å². The third kappa shape index (κ3) is 2.02. The van der Waals surface area contributed by atoms with Gasteiger partial charge in [-0.1, -0.05) is 22.9 Å². The summed E-state index contributed by atoms with van der Waals surface area (Å²) in [5.41, 5.74) is 8.27. The molecule has 3 nitrogen and oxygen atoms in total. The average Bonchev–Trinajstić information content (AvgIpc) is 3.01. The molecule has 0 aliphatic heterocycles. The molecule has 0 radical (unpaired) electrons. The molecule has 0 atom stereocenters. The van der Waals surface area contributed by atoms with Gasteiger partial charge in [-0.15, -0.1) is 11.3 Å². The Balaban J connectivity index is 2.24. The van der Waals surface area contributed by atoms with Gasteiger partial charge in [0.05, 0.1) is 5.56 Å². The number of benzene rings is 1. The number of nitrogen functional groups attached to an aromatic ring is 1. The fourth-order valence-electron chi connectivity index (χ4n) is 1.97. The van der Waals surface area contributed by atoms with Gasteiger partial charge >= 0.3 is 0 Å². The minimum absolute atomic E-state index is 0.207. The Morgan fingerprint density at radius 1 is 1.32 bits per heavy atom. The van der Waals surface area contributed by atoms with Gasteiger partial charge in [0.1, 0.15) is 11.5 Å². The van der Waals surface area contributed by atoms with Crippen molar-refractivity contribution in [2.75, 3.05) is 5.73 Å². The Morgan fingerprint density at radius 2 is 2.16 bits per heavy atom. The van der Waals surface area contributed by atoms with Crippen LogP contribution in [0.25, 0.3) is 21.7 Å². The summed E-state index contributed by atoms with van der Waals surface area (Å²) in [6, 6.07) is 8.69. The van der Waals surface area contributed by atoms with Gasteiger partial charge in [-0.3, -0.25) is 0 Å². The second kappa shape index (κ2) is 4.51. The number of aryl methyl sites for hydroxylation is 1. The Kier molecular flexibility index (Phi) is 2.83. The predicted molar refractivity (Wildman–Crippen MR) is 74.4 cm³/mol. The molecule has 0 unspecified atom stereocenters. The van der Waals surface area contributed by atoms with E-state index in [-0.39, 0.29) is 11.7 Å². The Morgan fingerprint density at radius 3 is 2.89 bits per heavy atom. The van der Waals surface area contributed by atoms with Gasteiger partial charge in [0.15, 0.2) is 0 Å². The first-order valence-electron chi connectivity index (χ1n) is 5.72. The minimum atomic E-state index is -0.336. The maximum absolute atomic E-state index is 14.0. The smallest absolute Gasteiger partial charge is 0.231 e. The number of hydrogen-bond donors (Lipinski definition) is 1. The van der Waals surface area contributed by atoms with Gasteiger partial charge in [-0.2, -0.15) is 0 Å². The van der Waals surface area contributed by atoms with Gasteiger partial charge < -0.3 is 10.3 Å². The molecule has 96 valence electrons. The predicted octanol–water partition coefficient (Wildman–Crippen LogP) is 4.10. The lowest BCUT2D eigenvalue weighted by Crippen LogP contribution is -1.89. The number of rotatable bonds is 2. The lowest BCUT2D eigenvalue weighted by atomic mass is 10.0. The van der Waals surface area contributed by atoms with Crippen LogP contribution in [0, 0.1) is 12.7 Å². The lowest BCUT2D eigenvalue weighted by Gasteiger charge is -2.03. The monoisotopic (exact) mass is 274 g/mol. The highest BCUT2D eigenvalue weighted by atomic mass is 32.1.